The van der Waals surface area contributed by atoms with Crippen molar-refractivity contribution in [2.75, 3.05) is 40.6 Å². The van der Waals surface area contributed by atoms with Gasteiger partial charge >= 0.3 is 5.97 Å². The van der Waals surface area contributed by atoms with Gasteiger partial charge in [-0.1, -0.05) is 38.1 Å². The summed E-state index contributed by atoms with van der Waals surface area (Å²) in [4.78, 5) is 22.7. The number of hydrogen-bond acceptors (Lipinski definition) is 7. The molecule has 0 saturated heterocycles. The number of Topliss-reactive ketones (excluding diaryl/α,β-unsaturated/α-hetero) is 1. The first-order chi connectivity index (χ1) is 17.7. The fourth-order valence-electron chi connectivity index (χ4n) is 3.70. The van der Waals surface area contributed by atoms with E-state index in [-0.39, 0.29) is 25.6 Å². The van der Waals surface area contributed by atoms with Gasteiger partial charge < -0.3 is 29.2 Å². The minimum atomic E-state index is -1.25. The zero-order valence-electron chi connectivity index (χ0n) is 21.7. The van der Waals surface area contributed by atoms with Crippen LogP contribution in [0.5, 0.6) is 11.5 Å². The maximum Gasteiger partial charge on any atom is 0.310 e. The third-order valence-corrected chi connectivity index (χ3v) is 5.42. The first-order valence-corrected chi connectivity index (χ1v) is 12.0. The second-order valence-electron chi connectivity index (χ2n) is 8.67. The number of carbonyl (C=O) groups excluding carboxylic acids is 1. The van der Waals surface area contributed by atoms with E-state index in [2.05, 4.69) is 0 Å². The highest BCUT2D eigenvalue weighted by atomic mass is 19.1. The van der Waals surface area contributed by atoms with Gasteiger partial charge in [0.05, 0.1) is 19.3 Å². The van der Waals surface area contributed by atoms with Gasteiger partial charge in [-0.05, 0) is 40.8 Å². The molecule has 2 rings (SSSR count). The molecule has 0 aromatic heterocycles. The van der Waals surface area contributed by atoms with Crippen molar-refractivity contribution in [3.05, 3.63) is 53.4 Å². The smallest absolute Gasteiger partial charge is 0.310 e. The second-order valence-corrected chi connectivity index (χ2v) is 8.67. The van der Waals surface area contributed by atoms with Gasteiger partial charge in [0.25, 0.3) is 0 Å². The van der Waals surface area contributed by atoms with Crippen LogP contribution >= 0.6 is 0 Å². The quantitative estimate of drug-likeness (QED) is 0.247. The van der Waals surface area contributed by atoms with Crippen LogP contribution in [0.15, 0.2) is 36.4 Å². The number of aliphatic hydroxyl groups excluding tert-OH is 1. The van der Waals surface area contributed by atoms with E-state index >= 15 is 0 Å². The van der Waals surface area contributed by atoms with Crippen molar-refractivity contribution in [3.63, 3.8) is 0 Å². The molecule has 0 aliphatic heterocycles. The van der Waals surface area contributed by atoms with Crippen LogP contribution in [0.25, 0.3) is 17.2 Å². The van der Waals surface area contributed by atoms with Crippen molar-refractivity contribution in [2.24, 2.45) is 0 Å². The summed E-state index contributed by atoms with van der Waals surface area (Å²) in [6, 6.07) is 7.79. The number of ketones is 1. The Balaban J connectivity index is 2.69. The van der Waals surface area contributed by atoms with Crippen LogP contribution < -0.4 is 9.47 Å². The molecule has 0 saturated carbocycles. The molecule has 2 N–H and O–H groups in total. The Hall–Kier alpha value is -3.27. The summed E-state index contributed by atoms with van der Waals surface area (Å²) in [7, 11) is 3.13. The molecule has 9 heteroatoms. The summed E-state index contributed by atoms with van der Waals surface area (Å²) in [6.45, 7) is 5.18. The highest BCUT2D eigenvalue weighted by Gasteiger charge is 2.23. The van der Waals surface area contributed by atoms with E-state index in [0.717, 1.165) is 5.56 Å². The number of halogens is 1. The molecule has 0 aliphatic rings. The van der Waals surface area contributed by atoms with E-state index in [9.17, 15) is 19.1 Å². The van der Waals surface area contributed by atoms with Gasteiger partial charge in [-0.25, -0.2) is 4.39 Å². The van der Waals surface area contributed by atoms with E-state index in [4.69, 9.17) is 24.1 Å². The predicted molar refractivity (Wildman–Crippen MR) is 138 cm³/mol. The largest absolute Gasteiger partial charge is 0.487 e. The number of carboxylic acid groups (broad SMARTS) is 1. The van der Waals surface area contributed by atoms with Crippen molar-refractivity contribution in [3.8, 4) is 22.6 Å². The van der Waals surface area contributed by atoms with E-state index in [0.29, 0.717) is 41.4 Å². The standard InChI is InChI=1S/C28H35FO8/c1-18(2)24-17-25(36-13-11-34-3)28(37-14-12-35-4)27(19-5-7-20(29)8-6-19)23(24)10-9-21(30)15-22(31)16-26(32)33/h5-10,17-18,21,30H,11-16H2,1-4H3,(H,32,33). The number of carboxylic acids is 1. The van der Waals surface area contributed by atoms with Crippen LogP contribution in [0.4, 0.5) is 4.39 Å². The summed E-state index contributed by atoms with van der Waals surface area (Å²) < 4.78 is 36.2. The fourth-order valence-corrected chi connectivity index (χ4v) is 3.70. The molecular weight excluding hydrogens is 483 g/mol. The second kappa shape index (κ2) is 15.1. The summed E-state index contributed by atoms with van der Waals surface area (Å²) >= 11 is 0. The minimum Gasteiger partial charge on any atom is -0.487 e. The van der Waals surface area contributed by atoms with Crippen LogP contribution in [0.3, 0.4) is 0 Å². The normalized spacial score (nSPS) is 12.2. The Morgan fingerprint density at radius 1 is 1.00 bits per heavy atom. The summed E-state index contributed by atoms with van der Waals surface area (Å²) in [5, 5.41) is 19.2. The third-order valence-electron chi connectivity index (χ3n) is 5.42. The number of aliphatic carboxylic acids is 1. The van der Waals surface area contributed by atoms with E-state index in [1.54, 1.807) is 32.4 Å². The summed E-state index contributed by atoms with van der Waals surface area (Å²) in [6.07, 6.45) is 0.936. The maximum absolute atomic E-state index is 13.8. The van der Waals surface area contributed by atoms with Crippen molar-refractivity contribution in [1.29, 1.82) is 0 Å². The number of benzene rings is 2. The Morgan fingerprint density at radius 3 is 2.19 bits per heavy atom. The fraction of sp³-hybridized carbons (Fsp3) is 0.429. The van der Waals surface area contributed by atoms with E-state index in [1.807, 2.05) is 19.9 Å². The summed E-state index contributed by atoms with van der Waals surface area (Å²) in [5.41, 5.74) is 2.84. The maximum atomic E-state index is 13.8. The Bertz CT molecular complexity index is 1060. The van der Waals surface area contributed by atoms with Crippen LogP contribution in [0, 0.1) is 5.82 Å². The molecular formula is C28H35FO8. The molecule has 0 fully saturated rings. The van der Waals surface area contributed by atoms with Crippen LogP contribution in [-0.2, 0) is 19.1 Å². The van der Waals surface area contributed by atoms with Gasteiger partial charge in [0, 0.05) is 26.2 Å². The van der Waals surface area contributed by atoms with Gasteiger partial charge in [0.1, 0.15) is 31.2 Å². The lowest BCUT2D eigenvalue weighted by molar-refractivity contribution is -0.140. The number of carbonyl (C=O) groups is 2. The Kier molecular flexibility index (Phi) is 12.2. The number of ether oxygens (including phenoxy) is 4. The first-order valence-electron chi connectivity index (χ1n) is 12.0. The van der Waals surface area contributed by atoms with Gasteiger partial charge in [-0.15, -0.1) is 0 Å². The molecule has 0 radical (unpaired) electrons. The topological polar surface area (TPSA) is 112 Å². The van der Waals surface area contributed by atoms with Gasteiger partial charge in [-0.3, -0.25) is 9.59 Å². The summed E-state index contributed by atoms with van der Waals surface area (Å²) in [5.74, 6) is -1.32. The molecule has 0 spiro atoms. The average molecular weight is 519 g/mol. The first kappa shape index (κ1) is 30.0. The minimum absolute atomic E-state index is 0.0161. The van der Waals surface area contributed by atoms with Crippen LogP contribution in [0.1, 0.15) is 43.7 Å². The molecule has 0 aliphatic carbocycles. The third kappa shape index (κ3) is 9.27. The lowest BCUT2D eigenvalue weighted by atomic mass is 9.88. The number of rotatable bonds is 16. The number of methoxy groups -OCH3 is 2. The van der Waals surface area contributed by atoms with Gasteiger partial charge in [0.15, 0.2) is 11.5 Å². The predicted octanol–water partition coefficient (Wildman–Crippen LogP) is 4.47. The van der Waals surface area contributed by atoms with Crippen LogP contribution in [0.2, 0.25) is 0 Å². The van der Waals surface area contributed by atoms with Crippen molar-refractivity contribution < 1.29 is 43.1 Å². The van der Waals surface area contributed by atoms with E-state index in [1.165, 1.54) is 18.2 Å². The molecule has 0 bridgehead atoms. The Labute approximate surface area is 216 Å². The molecule has 0 heterocycles. The zero-order chi connectivity index (χ0) is 27.4. The average Bonchev–Trinajstić information content (AvgIpc) is 2.83. The highest BCUT2D eigenvalue weighted by molar-refractivity contribution is 5.95. The van der Waals surface area contributed by atoms with Crippen molar-refractivity contribution >= 4 is 17.8 Å². The van der Waals surface area contributed by atoms with Crippen molar-refractivity contribution in [2.45, 2.75) is 38.7 Å². The molecule has 37 heavy (non-hydrogen) atoms. The van der Waals surface area contributed by atoms with Crippen LogP contribution in [-0.4, -0.2) is 68.7 Å². The monoisotopic (exact) mass is 518 g/mol. The number of hydrogen-bond donors (Lipinski definition) is 2. The zero-order valence-corrected chi connectivity index (χ0v) is 21.7. The van der Waals surface area contributed by atoms with Crippen molar-refractivity contribution in [1.82, 2.24) is 0 Å². The molecule has 0 amide bonds. The van der Waals surface area contributed by atoms with E-state index < -0.39 is 30.1 Å². The van der Waals surface area contributed by atoms with Gasteiger partial charge in [0.2, 0.25) is 0 Å². The molecule has 1 unspecified atom stereocenters. The SMILES string of the molecule is COCCOc1cc(C(C)C)c(C=CC(O)CC(=O)CC(=O)O)c(-c2ccc(F)cc2)c1OCCOC. The highest BCUT2D eigenvalue weighted by Crippen LogP contribution is 2.45. The number of aliphatic hydroxyl groups is 1. The molecule has 1 atom stereocenters. The van der Waals surface area contributed by atoms with Gasteiger partial charge in [-0.2, -0.15) is 0 Å². The molecule has 8 nitrogen and oxygen atoms in total. The lowest BCUT2D eigenvalue weighted by Crippen LogP contribution is -2.14. The molecule has 2 aromatic rings. The lowest BCUT2D eigenvalue weighted by Gasteiger charge is -2.23. The molecule has 202 valence electrons. The Morgan fingerprint density at radius 2 is 1.62 bits per heavy atom. The molecule has 2 aromatic carbocycles.